The second kappa shape index (κ2) is 9.04. The topological polar surface area (TPSA) is 53.0 Å². The molecule has 134 valence electrons. The van der Waals surface area contributed by atoms with E-state index < -0.39 is 12.0 Å². The van der Waals surface area contributed by atoms with Gasteiger partial charge >= 0.3 is 5.97 Å². The van der Waals surface area contributed by atoms with Gasteiger partial charge in [-0.3, -0.25) is 9.69 Å². The summed E-state index contributed by atoms with van der Waals surface area (Å²) in [6.45, 7) is 10.8. The molecule has 24 heavy (non-hydrogen) atoms. The maximum Gasteiger partial charge on any atom is 0.325 e. The average molecular weight is 334 g/mol. The molecule has 0 radical (unpaired) electrons. The van der Waals surface area contributed by atoms with E-state index in [4.69, 9.17) is 4.74 Å². The number of ether oxygens (including phenoxy) is 1. The van der Waals surface area contributed by atoms with Crippen molar-refractivity contribution in [2.75, 3.05) is 32.7 Å². The standard InChI is InChI=1S/C19H30N2O3/c1-4-10-20-11-5-12-21(14-13-20)18(19(22)23)16-6-8-17(9-7-16)24-15(2)3/h6-9,15,18H,4-5,10-14H2,1-3H3,(H,22,23)/t18-/m0/s1. The van der Waals surface area contributed by atoms with Crippen LogP contribution in [0.3, 0.4) is 0 Å². The van der Waals surface area contributed by atoms with Crippen LogP contribution in [0.4, 0.5) is 0 Å². The van der Waals surface area contributed by atoms with Crippen molar-refractivity contribution in [2.24, 2.45) is 0 Å². The molecule has 1 fully saturated rings. The highest BCUT2D eigenvalue weighted by molar-refractivity contribution is 5.75. The van der Waals surface area contributed by atoms with E-state index >= 15 is 0 Å². The monoisotopic (exact) mass is 334 g/mol. The Kier molecular flexibility index (Phi) is 7.06. The molecule has 1 aromatic carbocycles. The van der Waals surface area contributed by atoms with Crippen LogP contribution in [0.1, 0.15) is 45.2 Å². The van der Waals surface area contributed by atoms with Crippen molar-refractivity contribution in [2.45, 2.75) is 45.8 Å². The molecule has 1 N–H and O–H groups in total. The van der Waals surface area contributed by atoms with Gasteiger partial charge in [0.25, 0.3) is 0 Å². The van der Waals surface area contributed by atoms with Crippen molar-refractivity contribution in [3.63, 3.8) is 0 Å². The van der Waals surface area contributed by atoms with Gasteiger partial charge in [0.15, 0.2) is 0 Å². The lowest BCUT2D eigenvalue weighted by Crippen LogP contribution is -2.37. The van der Waals surface area contributed by atoms with Crippen LogP contribution in [-0.2, 0) is 4.79 Å². The van der Waals surface area contributed by atoms with Crippen LogP contribution in [0.2, 0.25) is 0 Å². The number of hydrogen-bond donors (Lipinski definition) is 1. The molecule has 0 aromatic heterocycles. The number of carbonyl (C=O) groups is 1. The predicted molar refractivity (Wildman–Crippen MR) is 95.5 cm³/mol. The molecule has 1 saturated heterocycles. The summed E-state index contributed by atoms with van der Waals surface area (Å²) in [5, 5.41) is 9.77. The number of rotatable bonds is 7. The van der Waals surface area contributed by atoms with E-state index in [2.05, 4.69) is 16.7 Å². The number of nitrogens with zero attached hydrogens (tertiary/aromatic N) is 2. The minimum atomic E-state index is -0.781. The third kappa shape index (κ3) is 5.21. The molecule has 0 saturated carbocycles. The molecule has 2 rings (SSSR count). The van der Waals surface area contributed by atoms with Gasteiger partial charge in [0.2, 0.25) is 0 Å². The van der Waals surface area contributed by atoms with Crippen molar-refractivity contribution < 1.29 is 14.6 Å². The molecule has 5 nitrogen and oxygen atoms in total. The van der Waals surface area contributed by atoms with Gasteiger partial charge in [-0.1, -0.05) is 19.1 Å². The van der Waals surface area contributed by atoms with Crippen molar-refractivity contribution >= 4 is 5.97 Å². The fourth-order valence-electron chi connectivity index (χ4n) is 3.30. The summed E-state index contributed by atoms with van der Waals surface area (Å²) in [6, 6.07) is 6.91. The molecular formula is C19H30N2O3. The zero-order valence-electron chi connectivity index (χ0n) is 15.1. The van der Waals surface area contributed by atoms with Crippen molar-refractivity contribution in [1.82, 2.24) is 9.80 Å². The fraction of sp³-hybridized carbons (Fsp3) is 0.632. The summed E-state index contributed by atoms with van der Waals surface area (Å²) in [6.07, 6.45) is 2.26. The quantitative estimate of drug-likeness (QED) is 0.831. The summed E-state index contributed by atoms with van der Waals surface area (Å²) in [7, 11) is 0. The number of benzene rings is 1. The van der Waals surface area contributed by atoms with Gasteiger partial charge in [-0.25, -0.2) is 0 Å². The first-order valence-electron chi connectivity index (χ1n) is 8.97. The predicted octanol–water partition coefficient (Wildman–Crippen LogP) is 3.02. The van der Waals surface area contributed by atoms with Gasteiger partial charge in [0.1, 0.15) is 11.8 Å². The van der Waals surface area contributed by atoms with Gasteiger partial charge in [-0.15, -0.1) is 0 Å². The van der Waals surface area contributed by atoms with Gasteiger partial charge in [-0.05, 0) is 57.5 Å². The molecule has 0 amide bonds. The second-order valence-electron chi connectivity index (χ2n) is 6.71. The lowest BCUT2D eigenvalue weighted by atomic mass is 10.0. The van der Waals surface area contributed by atoms with E-state index in [1.54, 1.807) is 0 Å². The summed E-state index contributed by atoms with van der Waals surface area (Å²) < 4.78 is 5.65. The minimum Gasteiger partial charge on any atom is -0.491 e. The van der Waals surface area contributed by atoms with Crippen LogP contribution in [0.25, 0.3) is 0 Å². The molecule has 0 unspecified atom stereocenters. The molecule has 1 aromatic rings. The van der Waals surface area contributed by atoms with Crippen LogP contribution in [0, 0.1) is 0 Å². The minimum absolute atomic E-state index is 0.112. The Morgan fingerprint density at radius 1 is 1.17 bits per heavy atom. The maximum atomic E-state index is 11.9. The number of aliphatic carboxylic acids is 1. The van der Waals surface area contributed by atoms with Gasteiger partial charge < -0.3 is 14.7 Å². The molecule has 5 heteroatoms. The number of carboxylic acids is 1. The smallest absolute Gasteiger partial charge is 0.325 e. The zero-order chi connectivity index (χ0) is 17.5. The van der Waals surface area contributed by atoms with E-state index in [9.17, 15) is 9.90 Å². The fourth-order valence-corrected chi connectivity index (χ4v) is 3.30. The highest BCUT2D eigenvalue weighted by atomic mass is 16.5. The Bertz CT molecular complexity index is 516. The summed E-state index contributed by atoms with van der Waals surface area (Å²) in [5.41, 5.74) is 0.822. The summed E-state index contributed by atoms with van der Waals surface area (Å²) in [4.78, 5) is 16.4. The van der Waals surface area contributed by atoms with Gasteiger partial charge in [0, 0.05) is 19.6 Å². The van der Waals surface area contributed by atoms with E-state index in [0.717, 1.165) is 56.9 Å². The van der Waals surface area contributed by atoms with E-state index in [-0.39, 0.29) is 6.10 Å². The highest BCUT2D eigenvalue weighted by Gasteiger charge is 2.28. The second-order valence-corrected chi connectivity index (χ2v) is 6.71. The van der Waals surface area contributed by atoms with Crippen LogP contribution in [0.15, 0.2) is 24.3 Å². The Balaban J connectivity index is 2.10. The lowest BCUT2D eigenvalue weighted by Gasteiger charge is -2.28. The number of carboxylic acid groups (broad SMARTS) is 1. The Morgan fingerprint density at radius 3 is 2.46 bits per heavy atom. The Morgan fingerprint density at radius 2 is 1.88 bits per heavy atom. The Hall–Kier alpha value is -1.59. The molecule has 1 heterocycles. The summed E-state index contributed by atoms with van der Waals surface area (Å²) >= 11 is 0. The molecule has 1 atom stereocenters. The van der Waals surface area contributed by atoms with E-state index in [0.29, 0.717) is 0 Å². The molecular weight excluding hydrogens is 304 g/mol. The highest BCUT2D eigenvalue weighted by Crippen LogP contribution is 2.25. The molecule has 0 aliphatic carbocycles. The third-order valence-electron chi connectivity index (χ3n) is 4.33. The van der Waals surface area contributed by atoms with Crippen LogP contribution >= 0.6 is 0 Å². The molecule has 1 aliphatic rings. The van der Waals surface area contributed by atoms with Crippen molar-refractivity contribution in [1.29, 1.82) is 0 Å². The Labute approximate surface area is 145 Å². The zero-order valence-corrected chi connectivity index (χ0v) is 15.1. The van der Waals surface area contributed by atoms with Crippen LogP contribution in [-0.4, -0.2) is 59.7 Å². The van der Waals surface area contributed by atoms with E-state index in [1.807, 2.05) is 38.1 Å². The van der Waals surface area contributed by atoms with Crippen molar-refractivity contribution in [3.05, 3.63) is 29.8 Å². The molecule has 0 bridgehead atoms. The van der Waals surface area contributed by atoms with Gasteiger partial charge in [-0.2, -0.15) is 0 Å². The van der Waals surface area contributed by atoms with Crippen LogP contribution < -0.4 is 4.74 Å². The van der Waals surface area contributed by atoms with Gasteiger partial charge in [0.05, 0.1) is 6.10 Å². The molecule has 0 spiro atoms. The maximum absolute atomic E-state index is 11.9. The first-order valence-corrected chi connectivity index (χ1v) is 8.97. The summed E-state index contributed by atoms with van der Waals surface area (Å²) in [5.74, 6) is -0.000606. The first kappa shape index (κ1) is 18.7. The third-order valence-corrected chi connectivity index (χ3v) is 4.33. The number of hydrogen-bond acceptors (Lipinski definition) is 4. The average Bonchev–Trinajstić information content (AvgIpc) is 2.75. The largest absolute Gasteiger partial charge is 0.491 e. The van der Waals surface area contributed by atoms with Crippen LogP contribution in [0.5, 0.6) is 5.75 Å². The SMILES string of the molecule is CCCN1CCCN([C@H](C(=O)O)c2ccc(OC(C)C)cc2)CC1. The first-order chi connectivity index (χ1) is 11.5. The lowest BCUT2D eigenvalue weighted by molar-refractivity contribution is -0.143. The van der Waals surface area contributed by atoms with Crippen molar-refractivity contribution in [3.8, 4) is 5.75 Å². The van der Waals surface area contributed by atoms with E-state index in [1.165, 1.54) is 0 Å². The normalized spacial score (nSPS) is 18.3. The molecule has 1 aliphatic heterocycles.